The molecule has 2 amide bonds. The Morgan fingerprint density at radius 3 is 2.71 bits per heavy atom. The minimum atomic E-state index is 0.0883. The van der Waals surface area contributed by atoms with E-state index in [1.165, 1.54) is 11.3 Å². The Morgan fingerprint density at radius 2 is 2.14 bits per heavy atom. The SMILES string of the molecule is Cc1nn(C)c(C)c1CCNC(=O)N1CCCC1C(C)C. The molecule has 0 spiro atoms. The molecule has 1 aliphatic rings. The molecule has 1 saturated heterocycles. The highest BCUT2D eigenvalue weighted by Crippen LogP contribution is 2.23. The van der Waals surface area contributed by atoms with Crippen LogP contribution >= 0.6 is 0 Å². The highest BCUT2D eigenvalue weighted by molar-refractivity contribution is 5.74. The summed E-state index contributed by atoms with van der Waals surface area (Å²) in [5.74, 6) is 0.529. The molecule has 118 valence electrons. The van der Waals surface area contributed by atoms with Crippen LogP contribution in [0.4, 0.5) is 4.79 Å². The van der Waals surface area contributed by atoms with Crippen LogP contribution in [-0.2, 0) is 13.5 Å². The average Bonchev–Trinajstić information content (AvgIpc) is 2.99. The normalized spacial score (nSPS) is 18.6. The average molecular weight is 292 g/mol. The van der Waals surface area contributed by atoms with Gasteiger partial charge in [0.2, 0.25) is 0 Å². The number of hydrogen-bond acceptors (Lipinski definition) is 2. The zero-order valence-electron chi connectivity index (χ0n) is 13.9. The van der Waals surface area contributed by atoms with Gasteiger partial charge < -0.3 is 10.2 Å². The molecule has 0 bridgehead atoms. The topological polar surface area (TPSA) is 50.2 Å². The second-order valence-electron chi connectivity index (χ2n) is 6.40. The Labute approximate surface area is 127 Å². The summed E-state index contributed by atoms with van der Waals surface area (Å²) in [6.07, 6.45) is 3.10. The monoisotopic (exact) mass is 292 g/mol. The molecule has 1 unspecified atom stereocenters. The van der Waals surface area contributed by atoms with Crippen LogP contribution in [0.1, 0.15) is 43.6 Å². The van der Waals surface area contributed by atoms with E-state index >= 15 is 0 Å². The summed E-state index contributed by atoms with van der Waals surface area (Å²) in [7, 11) is 1.96. The number of amides is 2. The van der Waals surface area contributed by atoms with Gasteiger partial charge >= 0.3 is 6.03 Å². The number of rotatable bonds is 4. The van der Waals surface area contributed by atoms with Crippen LogP contribution in [0, 0.1) is 19.8 Å². The summed E-state index contributed by atoms with van der Waals surface area (Å²) in [4.78, 5) is 14.3. The lowest BCUT2D eigenvalue weighted by atomic mass is 10.0. The number of likely N-dealkylation sites (tertiary alicyclic amines) is 1. The van der Waals surface area contributed by atoms with Crippen molar-refractivity contribution in [3.05, 3.63) is 17.0 Å². The molecule has 1 aliphatic heterocycles. The van der Waals surface area contributed by atoms with Crippen LogP contribution in [-0.4, -0.2) is 39.8 Å². The minimum absolute atomic E-state index is 0.0883. The van der Waals surface area contributed by atoms with Crippen molar-refractivity contribution in [3.8, 4) is 0 Å². The van der Waals surface area contributed by atoms with Gasteiger partial charge in [0, 0.05) is 31.9 Å². The van der Waals surface area contributed by atoms with Crippen LogP contribution in [0.2, 0.25) is 0 Å². The van der Waals surface area contributed by atoms with Crippen molar-refractivity contribution in [2.45, 2.75) is 53.0 Å². The quantitative estimate of drug-likeness (QED) is 0.926. The van der Waals surface area contributed by atoms with Gasteiger partial charge in [-0.15, -0.1) is 0 Å². The summed E-state index contributed by atoms with van der Waals surface area (Å²) in [5.41, 5.74) is 3.49. The molecular formula is C16H28N4O. The molecule has 2 heterocycles. The predicted octanol–water partition coefficient (Wildman–Crippen LogP) is 2.41. The van der Waals surface area contributed by atoms with Gasteiger partial charge in [0.1, 0.15) is 0 Å². The Balaban J connectivity index is 1.87. The number of carbonyl (C=O) groups excluding carboxylic acids is 1. The lowest BCUT2D eigenvalue weighted by Crippen LogP contribution is -2.45. The Kier molecular flexibility index (Phi) is 4.91. The molecule has 21 heavy (non-hydrogen) atoms. The van der Waals surface area contributed by atoms with Crippen LogP contribution in [0.25, 0.3) is 0 Å². The number of nitrogens with zero attached hydrogens (tertiary/aromatic N) is 3. The number of aryl methyl sites for hydroxylation is 2. The van der Waals surface area contributed by atoms with Crippen LogP contribution in [0.5, 0.6) is 0 Å². The molecule has 1 N–H and O–H groups in total. The zero-order valence-corrected chi connectivity index (χ0v) is 13.9. The van der Waals surface area contributed by atoms with Gasteiger partial charge in [0.05, 0.1) is 5.69 Å². The van der Waals surface area contributed by atoms with E-state index in [0.717, 1.165) is 31.5 Å². The molecule has 2 rings (SSSR count). The number of urea groups is 1. The fourth-order valence-electron chi connectivity index (χ4n) is 3.31. The van der Waals surface area contributed by atoms with Crippen molar-refractivity contribution in [3.63, 3.8) is 0 Å². The first kappa shape index (κ1) is 15.9. The lowest BCUT2D eigenvalue weighted by molar-refractivity contribution is 0.179. The summed E-state index contributed by atoms with van der Waals surface area (Å²) in [5, 5.41) is 7.49. The lowest BCUT2D eigenvalue weighted by Gasteiger charge is -2.27. The second kappa shape index (κ2) is 6.50. The maximum atomic E-state index is 12.3. The molecule has 0 aromatic carbocycles. The van der Waals surface area contributed by atoms with Crippen LogP contribution in [0.15, 0.2) is 0 Å². The third-order valence-corrected chi connectivity index (χ3v) is 4.64. The summed E-state index contributed by atoms with van der Waals surface area (Å²) in [6, 6.07) is 0.484. The molecule has 1 atom stereocenters. The Bertz CT molecular complexity index is 507. The van der Waals surface area contributed by atoms with Gasteiger partial charge in [-0.25, -0.2) is 4.79 Å². The minimum Gasteiger partial charge on any atom is -0.338 e. The fraction of sp³-hybridized carbons (Fsp3) is 0.750. The van der Waals surface area contributed by atoms with Crippen molar-refractivity contribution in [1.29, 1.82) is 0 Å². The Morgan fingerprint density at radius 1 is 1.43 bits per heavy atom. The standard InChI is InChI=1S/C16H28N4O/c1-11(2)15-7-6-10-20(15)16(21)17-9-8-14-12(3)18-19(5)13(14)4/h11,15H,6-10H2,1-5H3,(H,17,21). The van der Waals surface area contributed by atoms with Crippen LogP contribution < -0.4 is 5.32 Å². The van der Waals surface area contributed by atoms with Crippen molar-refractivity contribution in [2.75, 3.05) is 13.1 Å². The number of hydrogen-bond donors (Lipinski definition) is 1. The van der Waals surface area contributed by atoms with Gasteiger partial charge in [0.15, 0.2) is 0 Å². The maximum Gasteiger partial charge on any atom is 0.317 e. The summed E-state index contributed by atoms with van der Waals surface area (Å²) >= 11 is 0. The molecule has 1 aromatic rings. The van der Waals surface area contributed by atoms with E-state index in [1.807, 2.05) is 23.6 Å². The van der Waals surface area contributed by atoms with E-state index in [0.29, 0.717) is 18.5 Å². The molecule has 0 aliphatic carbocycles. The van der Waals surface area contributed by atoms with E-state index in [1.54, 1.807) is 0 Å². The highest BCUT2D eigenvalue weighted by atomic mass is 16.2. The molecule has 0 saturated carbocycles. The van der Waals surface area contributed by atoms with E-state index in [4.69, 9.17) is 0 Å². The zero-order chi connectivity index (χ0) is 15.6. The third-order valence-electron chi connectivity index (χ3n) is 4.64. The first-order chi connectivity index (χ1) is 9.91. The first-order valence-electron chi connectivity index (χ1n) is 7.95. The Hall–Kier alpha value is -1.52. The van der Waals surface area contributed by atoms with Gasteiger partial charge in [-0.3, -0.25) is 4.68 Å². The van der Waals surface area contributed by atoms with E-state index in [2.05, 4.69) is 31.2 Å². The third kappa shape index (κ3) is 3.39. The summed E-state index contributed by atoms with van der Waals surface area (Å²) in [6.45, 7) is 10.1. The van der Waals surface area contributed by atoms with Crippen LogP contribution in [0.3, 0.4) is 0 Å². The van der Waals surface area contributed by atoms with Crippen molar-refractivity contribution < 1.29 is 4.79 Å². The number of carbonyl (C=O) groups is 1. The molecule has 1 aromatic heterocycles. The largest absolute Gasteiger partial charge is 0.338 e. The van der Waals surface area contributed by atoms with Crippen molar-refractivity contribution in [1.82, 2.24) is 20.0 Å². The summed E-state index contributed by atoms with van der Waals surface area (Å²) < 4.78 is 1.90. The number of nitrogens with one attached hydrogen (secondary N) is 1. The van der Waals surface area contributed by atoms with E-state index < -0.39 is 0 Å². The number of aromatic nitrogens is 2. The smallest absolute Gasteiger partial charge is 0.317 e. The van der Waals surface area contributed by atoms with Gasteiger partial charge in [-0.1, -0.05) is 13.8 Å². The van der Waals surface area contributed by atoms with Crippen molar-refractivity contribution >= 4 is 6.03 Å². The molecule has 5 heteroatoms. The predicted molar refractivity (Wildman–Crippen MR) is 84.4 cm³/mol. The molecular weight excluding hydrogens is 264 g/mol. The van der Waals surface area contributed by atoms with Gasteiger partial charge in [-0.05, 0) is 44.6 Å². The first-order valence-corrected chi connectivity index (χ1v) is 7.95. The van der Waals surface area contributed by atoms with Gasteiger partial charge in [0.25, 0.3) is 0 Å². The van der Waals surface area contributed by atoms with Crippen molar-refractivity contribution in [2.24, 2.45) is 13.0 Å². The maximum absolute atomic E-state index is 12.3. The molecule has 0 radical (unpaired) electrons. The second-order valence-corrected chi connectivity index (χ2v) is 6.40. The molecule has 5 nitrogen and oxygen atoms in total. The van der Waals surface area contributed by atoms with E-state index in [9.17, 15) is 4.79 Å². The fourth-order valence-corrected chi connectivity index (χ4v) is 3.31. The van der Waals surface area contributed by atoms with Gasteiger partial charge in [-0.2, -0.15) is 5.10 Å². The molecule has 1 fully saturated rings. The van der Waals surface area contributed by atoms with E-state index in [-0.39, 0.29) is 6.03 Å². The highest BCUT2D eigenvalue weighted by Gasteiger charge is 2.30.